The summed E-state index contributed by atoms with van der Waals surface area (Å²) in [5, 5.41) is 6.13. The number of benzene rings is 1. The number of carbonyl (C=O) groups excluding carboxylic acids is 2. The molecule has 0 aromatic heterocycles. The Balaban J connectivity index is 2.81. The molecule has 0 heterocycles. The molecule has 1 rings (SSSR count). The van der Waals surface area contributed by atoms with Crippen molar-refractivity contribution < 1.29 is 9.59 Å². The zero-order valence-electron chi connectivity index (χ0n) is 12.3. The summed E-state index contributed by atoms with van der Waals surface area (Å²) in [6.07, 6.45) is 0.833. The number of nitrogens with one attached hydrogen (secondary N) is 2. The van der Waals surface area contributed by atoms with Gasteiger partial charge in [0, 0.05) is 17.3 Å². The average Bonchev–Trinajstić information content (AvgIpc) is 2.38. The fourth-order valence-electron chi connectivity index (χ4n) is 1.61. The Morgan fingerprint density at radius 1 is 1.25 bits per heavy atom. The molecular formula is C15H21ClN2O2. The maximum absolute atomic E-state index is 12.3. The third kappa shape index (κ3) is 3.97. The largest absolute Gasteiger partial charge is 0.355 e. The fourth-order valence-corrected chi connectivity index (χ4v) is 1.84. The topological polar surface area (TPSA) is 58.2 Å². The van der Waals surface area contributed by atoms with Crippen molar-refractivity contribution in [2.24, 2.45) is 5.41 Å². The summed E-state index contributed by atoms with van der Waals surface area (Å²) in [6, 6.07) is 5.20. The summed E-state index contributed by atoms with van der Waals surface area (Å²) >= 11 is 5.87. The van der Waals surface area contributed by atoms with Crippen LogP contribution in [0.25, 0.3) is 0 Å². The Hall–Kier alpha value is -1.55. The zero-order valence-corrected chi connectivity index (χ0v) is 13.1. The van der Waals surface area contributed by atoms with Gasteiger partial charge >= 0.3 is 0 Å². The van der Waals surface area contributed by atoms with Crippen molar-refractivity contribution in [3.8, 4) is 0 Å². The molecule has 20 heavy (non-hydrogen) atoms. The molecule has 0 bridgehead atoms. The van der Waals surface area contributed by atoms with E-state index in [2.05, 4.69) is 10.6 Å². The van der Waals surface area contributed by atoms with Gasteiger partial charge in [-0.3, -0.25) is 9.59 Å². The summed E-state index contributed by atoms with van der Waals surface area (Å²) in [4.78, 5) is 24.3. The predicted octanol–water partition coefficient (Wildman–Crippen LogP) is 3.14. The molecule has 0 spiro atoms. The zero-order chi connectivity index (χ0) is 15.3. The Labute approximate surface area is 124 Å². The van der Waals surface area contributed by atoms with Gasteiger partial charge in [-0.25, -0.2) is 0 Å². The summed E-state index contributed by atoms with van der Waals surface area (Å²) < 4.78 is 0. The van der Waals surface area contributed by atoms with Gasteiger partial charge in [0.15, 0.2) is 0 Å². The lowest BCUT2D eigenvalue weighted by atomic mass is 9.90. The molecule has 2 N–H and O–H groups in total. The number of aryl methyl sites for hydroxylation is 1. The van der Waals surface area contributed by atoms with Gasteiger partial charge in [-0.05, 0) is 51.0 Å². The molecule has 1 aromatic carbocycles. The van der Waals surface area contributed by atoms with Crippen molar-refractivity contribution in [3.05, 3.63) is 28.8 Å². The molecule has 1 aromatic rings. The molecule has 0 saturated heterocycles. The van der Waals surface area contributed by atoms with E-state index >= 15 is 0 Å². The lowest BCUT2D eigenvalue weighted by Gasteiger charge is -2.23. The van der Waals surface area contributed by atoms with Gasteiger partial charge < -0.3 is 10.6 Å². The van der Waals surface area contributed by atoms with E-state index in [0.29, 0.717) is 17.3 Å². The second kappa shape index (κ2) is 6.75. The number of halogens is 1. The molecule has 110 valence electrons. The molecule has 0 atom stereocenters. The van der Waals surface area contributed by atoms with E-state index < -0.39 is 5.41 Å². The van der Waals surface area contributed by atoms with E-state index in [9.17, 15) is 9.59 Å². The first-order valence-corrected chi connectivity index (χ1v) is 7.02. The molecule has 0 aliphatic carbocycles. The van der Waals surface area contributed by atoms with Crippen molar-refractivity contribution >= 4 is 29.1 Å². The van der Waals surface area contributed by atoms with Crippen LogP contribution < -0.4 is 10.6 Å². The van der Waals surface area contributed by atoms with Gasteiger partial charge in [0.1, 0.15) is 5.41 Å². The van der Waals surface area contributed by atoms with Crippen molar-refractivity contribution in [3.63, 3.8) is 0 Å². The first kappa shape index (κ1) is 16.5. The lowest BCUT2D eigenvalue weighted by molar-refractivity contribution is -0.138. The first-order valence-electron chi connectivity index (χ1n) is 6.65. The van der Waals surface area contributed by atoms with E-state index in [1.165, 1.54) is 0 Å². The number of hydrogen-bond donors (Lipinski definition) is 2. The smallest absolute Gasteiger partial charge is 0.239 e. The highest BCUT2D eigenvalue weighted by Gasteiger charge is 2.35. The maximum Gasteiger partial charge on any atom is 0.239 e. The standard InChI is InChI=1S/C15H21ClN2O2/c1-5-8-17-13(19)15(3,4)14(20)18-12-7-6-11(16)9-10(12)2/h6-7,9H,5,8H2,1-4H3,(H,17,19)(H,18,20). The van der Waals surface area contributed by atoms with Crippen molar-refractivity contribution in [1.82, 2.24) is 5.32 Å². The third-order valence-corrected chi connectivity index (χ3v) is 3.34. The summed E-state index contributed by atoms with van der Waals surface area (Å²) in [5.41, 5.74) is 0.396. The van der Waals surface area contributed by atoms with E-state index in [1.807, 2.05) is 13.8 Å². The number of rotatable bonds is 5. The Morgan fingerprint density at radius 3 is 2.45 bits per heavy atom. The van der Waals surface area contributed by atoms with Crippen LogP contribution in [0.3, 0.4) is 0 Å². The highest BCUT2D eigenvalue weighted by molar-refractivity contribution is 6.30. The second-order valence-electron chi connectivity index (χ2n) is 5.29. The minimum absolute atomic E-state index is 0.275. The van der Waals surface area contributed by atoms with Gasteiger partial charge in [0.2, 0.25) is 11.8 Å². The second-order valence-corrected chi connectivity index (χ2v) is 5.73. The fraction of sp³-hybridized carbons (Fsp3) is 0.467. The van der Waals surface area contributed by atoms with Crippen molar-refractivity contribution in [2.45, 2.75) is 34.1 Å². The van der Waals surface area contributed by atoms with Crippen LogP contribution in [0.15, 0.2) is 18.2 Å². The van der Waals surface area contributed by atoms with Crippen LogP contribution in [0.2, 0.25) is 5.02 Å². The van der Waals surface area contributed by atoms with E-state index in [-0.39, 0.29) is 11.8 Å². The minimum Gasteiger partial charge on any atom is -0.355 e. The number of anilines is 1. The van der Waals surface area contributed by atoms with Crippen LogP contribution in [0.5, 0.6) is 0 Å². The van der Waals surface area contributed by atoms with Gasteiger partial charge in [-0.15, -0.1) is 0 Å². The molecule has 0 aliphatic rings. The quantitative estimate of drug-likeness (QED) is 0.820. The molecule has 0 fully saturated rings. The van der Waals surface area contributed by atoms with E-state index in [0.717, 1.165) is 12.0 Å². The van der Waals surface area contributed by atoms with Crippen LogP contribution in [0.1, 0.15) is 32.8 Å². The van der Waals surface area contributed by atoms with Crippen molar-refractivity contribution in [1.29, 1.82) is 0 Å². The van der Waals surface area contributed by atoms with Crippen LogP contribution in [0.4, 0.5) is 5.69 Å². The van der Waals surface area contributed by atoms with Gasteiger partial charge in [-0.1, -0.05) is 18.5 Å². The highest BCUT2D eigenvalue weighted by Crippen LogP contribution is 2.23. The number of hydrogen-bond acceptors (Lipinski definition) is 2. The van der Waals surface area contributed by atoms with Crippen LogP contribution >= 0.6 is 11.6 Å². The van der Waals surface area contributed by atoms with E-state index in [1.54, 1.807) is 32.0 Å². The lowest BCUT2D eigenvalue weighted by Crippen LogP contribution is -2.45. The van der Waals surface area contributed by atoms with Crippen LogP contribution in [0, 0.1) is 12.3 Å². The summed E-state index contributed by atoms with van der Waals surface area (Å²) in [5.74, 6) is -0.611. The van der Waals surface area contributed by atoms with E-state index in [4.69, 9.17) is 11.6 Å². The van der Waals surface area contributed by atoms with Crippen molar-refractivity contribution in [2.75, 3.05) is 11.9 Å². The summed E-state index contributed by atoms with van der Waals surface area (Å²) in [7, 11) is 0. The molecule has 2 amide bonds. The van der Waals surface area contributed by atoms with Gasteiger partial charge in [-0.2, -0.15) is 0 Å². The third-order valence-electron chi connectivity index (χ3n) is 3.11. The van der Waals surface area contributed by atoms with Gasteiger partial charge in [0.05, 0.1) is 0 Å². The summed E-state index contributed by atoms with van der Waals surface area (Å²) in [6.45, 7) is 7.60. The molecule has 4 nitrogen and oxygen atoms in total. The minimum atomic E-state index is -1.12. The SMILES string of the molecule is CCCNC(=O)C(C)(C)C(=O)Nc1ccc(Cl)cc1C. The predicted molar refractivity (Wildman–Crippen MR) is 81.9 cm³/mol. The molecule has 0 unspecified atom stereocenters. The molecule has 0 radical (unpaired) electrons. The Morgan fingerprint density at radius 2 is 1.90 bits per heavy atom. The highest BCUT2D eigenvalue weighted by atomic mass is 35.5. The first-order chi connectivity index (χ1) is 9.28. The maximum atomic E-state index is 12.3. The molecular weight excluding hydrogens is 276 g/mol. The average molecular weight is 297 g/mol. The Kier molecular flexibility index (Phi) is 5.57. The molecule has 0 aliphatic heterocycles. The van der Waals surface area contributed by atoms with Crippen LogP contribution in [-0.4, -0.2) is 18.4 Å². The van der Waals surface area contributed by atoms with Gasteiger partial charge in [0.25, 0.3) is 0 Å². The normalized spacial score (nSPS) is 11.1. The number of amides is 2. The monoisotopic (exact) mass is 296 g/mol. The van der Waals surface area contributed by atoms with Crippen LogP contribution in [-0.2, 0) is 9.59 Å². The Bertz CT molecular complexity index is 513. The number of carbonyl (C=O) groups is 2. The molecule has 0 saturated carbocycles. The molecule has 5 heteroatoms.